The summed E-state index contributed by atoms with van der Waals surface area (Å²) in [6.45, 7) is 6.12. The van der Waals surface area contributed by atoms with Crippen molar-refractivity contribution >= 4 is 5.91 Å². The first kappa shape index (κ1) is 18.6. The average Bonchev–Trinajstić information content (AvgIpc) is 3.14. The molecule has 0 aliphatic carbocycles. The van der Waals surface area contributed by atoms with Gasteiger partial charge in [0.25, 0.3) is 5.91 Å². The van der Waals surface area contributed by atoms with Crippen molar-refractivity contribution in [2.24, 2.45) is 0 Å². The molecular formula is C20H22N4O3. The Hall–Kier alpha value is -3.22. The zero-order valence-electron chi connectivity index (χ0n) is 15.9. The lowest BCUT2D eigenvalue weighted by atomic mass is 10.1. The van der Waals surface area contributed by atoms with Crippen molar-refractivity contribution in [3.05, 3.63) is 59.1 Å². The minimum Gasteiger partial charge on any atom is -0.483 e. The number of carbonyl (C=O) groups excluding carboxylic acids is 1. The zero-order valence-corrected chi connectivity index (χ0v) is 15.9. The first-order chi connectivity index (χ1) is 13.0. The van der Waals surface area contributed by atoms with Crippen LogP contribution in [-0.4, -0.2) is 39.6 Å². The number of ether oxygens (including phenoxy) is 1. The highest BCUT2D eigenvalue weighted by Gasteiger charge is 2.16. The molecule has 0 bridgehead atoms. The summed E-state index contributed by atoms with van der Waals surface area (Å²) in [6.07, 6.45) is 1.66. The van der Waals surface area contributed by atoms with Gasteiger partial charge in [-0.25, -0.2) is 0 Å². The molecule has 0 aliphatic rings. The molecular weight excluding hydrogens is 344 g/mol. The van der Waals surface area contributed by atoms with Gasteiger partial charge < -0.3 is 14.2 Å². The van der Waals surface area contributed by atoms with E-state index in [0.717, 1.165) is 22.4 Å². The number of pyridine rings is 1. The predicted octanol–water partition coefficient (Wildman–Crippen LogP) is 3.09. The quantitative estimate of drug-likeness (QED) is 0.667. The van der Waals surface area contributed by atoms with Crippen molar-refractivity contribution in [2.75, 3.05) is 13.7 Å². The summed E-state index contributed by atoms with van der Waals surface area (Å²) in [4.78, 5) is 22.4. The van der Waals surface area contributed by atoms with E-state index in [1.807, 2.05) is 45.0 Å². The maximum atomic E-state index is 12.4. The van der Waals surface area contributed by atoms with Crippen LogP contribution in [0.4, 0.5) is 0 Å². The molecule has 1 aromatic carbocycles. The topological polar surface area (TPSA) is 81.4 Å². The molecule has 1 amide bonds. The highest BCUT2D eigenvalue weighted by atomic mass is 16.5. The normalized spacial score (nSPS) is 10.7. The Morgan fingerprint density at radius 1 is 1.15 bits per heavy atom. The fourth-order valence-electron chi connectivity index (χ4n) is 2.60. The Bertz CT molecular complexity index is 938. The molecule has 140 valence electrons. The van der Waals surface area contributed by atoms with E-state index >= 15 is 0 Å². The summed E-state index contributed by atoms with van der Waals surface area (Å²) in [5.74, 6) is 1.32. The number of rotatable bonds is 6. The van der Waals surface area contributed by atoms with E-state index < -0.39 is 0 Å². The van der Waals surface area contributed by atoms with Crippen LogP contribution in [0.2, 0.25) is 0 Å². The largest absolute Gasteiger partial charge is 0.483 e. The lowest BCUT2D eigenvalue weighted by Crippen LogP contribution is -2.31. The van der Waals surface area contributed by atoms with Crippen LogP contribution in [0.25, 0.3) is 11.5 Å². The number of nitrogens with zero attached hydrogens (tertiary/aromatic N) is 4. The molecule has 7 nitrogen and oxygen atoms in total. The highest BCUT2D eigenvalue weighted by molar-refractivity contribution is 5.77. The van der Waals surface area contributed by atoms with E-state index in [0.29, 0.717) is 17.4 Å². The third kappa shape index (κ3) is 4.31. The molecule has 0 saturated carbocycles. The van der Waals surface area contributed by atoms with Crippen LogP contribution in [0.3, 0.4) is 0 Å². The van der Waals surface area contributed by atoms with E-state index in [2.05, 4.69) is 15.1 Å². The van der Waals surface area contributed by atoms with E-state index in [4.69, 9.17) is 9.26 Å². The highest BCUT2D eigenvalue weighted by Crippen LogP contribution is 2.25. The number of carbonyl (C=O) groups is 1. The standard InChI is InChI=1S/C20H22N4O3/c1-13-8-9-14(2)19(15(13)3)26-12-18(25)24(4)11-17-22-20(23-27-17)16-7-5-6-10-21-16/h5-10H,11-12H2,1-4H3. The smallest absolute Gasteiger partial charge is 0.260 e. The summed E-state index contributed by atoms with van der Waals surface area (Å²) < 4.78 is 11.0. The minimum atomic E-state index is -0.173. The average molecular weight is 366 g/mol. The van der Waals surface area contributed by atoms with Gasteiger partial charge in [0.15, 0.2) is 6.61 Å². The molecule has 7 heteroatoms. The van der Waals surface area contributed by atoms with Gasteiger partial charge >= 0.3 is 0 Å². The minimum absolute atomic E-state index is 0.0527. The Morgan fingerprint density at radius 3 is 2.67 bits per heavy atom. The monoisotopic (exact) mass is 366 g/mol. The van der Waals surface area contributed by atoms with Crippen molar-refractivity contribution in [2.45, 2.75) is 27.3 Å². The van der Waals surface area contributed by atoms with Gasteiger partial charge in [0.05, 0.1) is 6.54 Å². The van der Waals surface area contributed by atoms with Crippen LogP contribution in [0.15, 0.2) is 41.1 Å². The summed E-state index contributed by atoms with van der Waals surface area (Å²) in [5.41, 5.74) is 3.80. The van der Waals surface area contributed by atoms with Crippen LogP contribution in [0.1, 0.15) is 22.6 Å². The number of benzene rings is 1. The molecule has 0 spiro atoms. The van der Waals surface area contributed by atoms with Crippen molar-refractivity contribution < 1.29 is 14.1 Å². The third-order valence-corrected chi connectivity index (χ3v) is 4.37. The van der Waals surface area contributed by atoms with Crippen LogP contribution in [0.5, 0.6) is 5.75 Å². The molecule has 0 radical (unpaired) electrons. The number of amides is 1. The van der Waals surface area contributed by atoms with Crippen molar-refractivity contribution in [1.29, 1.82) is 0 Å². The van der Waals surface area contributed by atoms with Crippen molar-refractivity contribution in [3.8, 4) is 17.3 Å². The maximum Gasteiger partial charge on any atom is 0.260 e. The van der Waals surface area contributed by atoms with Crippen LogP contribution in [0, 0.1) is 20.8 Å². The van der Waals surface area contributed by atoms with Crippen LogP contribution < -0.4 is 4.74 Å². The van der Waals surface area contributed by atoms with Gasteiger partial charge in [-0.15, -0.1) is 0 Å². The molecule has 0 unspecified atom stereocenters. The number of hydrogen-bond acceptors (Lipinski definition) is 6. The van der Waals surface area contributed by atoms with E-state index in [1.165, 1.54) is 4.90 Å². The fraction of sp³-hybridized carbons (Fsp3) is 0.300. The van der Waals surface area contributed by atoms with E-state index in [1.54, 1.807) is 19.3 Å². The molecule has 3 aromatic rings. The van der Waals surface area contributed by atoms with Gasteiger partial charge in [0, 0.05) is 13.2 Å². The molecule has 3 rings (SSSR count). The van der Waals surface area contributed by atoms with Gasteiger partial charge in [-0.3, -0.25) is 9.78 Å². The molecule has 0 atom stereocenters. The third-order valence-electron chi connectivity index (χ3n) is 4.37. The number of aromatic nitrogens is 3. The Morgan fingerprint density at radius 2 is 1.93 bits per heavy atom. The second-order valence-corrected chi connectivity index (χ2v) is 6.42. The summed E-state index contributed by atoms with van der Waals surface area (Å²) >= 11 is 0. The van der Waals surface area contributed by atoms with Crippen LogP contribution >= 0.6 is 0 Å². The summed E-state index contributed by atoms with van der Waals surface area (Å²) in [5, 5.41) is 3.91. The number of hydrogen-bond donors (Lipinski definition) is 0. The van der Waals surface area contributed by atoms with E-state index in [9.17, 15) is 4.79 Å². The second kappa shape index (κ2) is 7.99. The first-order valence-corrected chi connectivity index (χ1v) is 8.63. The van der Waals surface area contributed by atoms with Gasteiger partial charge in [-0.2, -0.15) is 4.98 Å². The molecule has 2 heterocycles. The number of likely N-dealkylation sites (N-methyl/N-ethyl adjacent to an activating group) is 1. The Kier molecular flexibility index (Phi) is 5.49. The predicted molar refractivity (Wildman–Crippen MR) is 100 cm³/mol. The molecule has 0 saturated heterocycles. The fourth-order valence-corrected chi connectivity index (χ4v) is 2.60. The van der Waals surface area contributed by atoms with Crippen LogP contribution in [-0.2, 0) is 11.3 Å². The Balaban J connectivity index is 1.60. The first-order valence-electron chi connectivity index (χ1n) is 8.63. The maximum absolute atomic E-state index is 12.4. The lowest BCUT2D eigenvalue weighted by Gasteiger charge is -2.17. The zero-order chi connectivity index (χ0) is 19.4. The van der Waals surface area contributed by atoms with Gasteiger partial charge in [-0.05, 0) is 49.6 Å². The molecule has 2 aromatic heterocycles. The van der Waals surface area contributed by atoms with Gasteiger partial charge in [-0.1, -0.05) is 23.4 Å². The van der Waals surface area contributed by atoms with Gasteiger partial charge in [0.1, 0.15) is 11.4 Å². The lowest BCUT2D eigenvalue weighted by molar-refractivity contribution is -0.132. The van der Waals surface area contributed by atoms with Crippen molar-refractivity contribution in [1.82, 2.24) is 20.0 Å². The second-order valence-electron chi connectivity index (χ2n) is 6.42. The summed E-state index contributed by atoms with van der Waals surface area (Å²) in [7, 11) is 1.67. The molecule has 27 heavy (non-hydrogen) atoms. The van der Waals surface area contributed by atoms with Crippen molar-refractivity contribution in [3.63, 3.8) is 0 Å². The molecule has 0 N–H and O–H groups in total. The van der Waals surface area contributed by atoms with Gasteiger partial charge in [0.2, 0.25) is 11.7 Å². The van der Waals surface area contributed by atoms with E-state index in [-0.39, 0.29) is 19.1 Å². The Labute approximate surface area is 158 Å². The SMILES string of the molecule is Cc1ccc(C)c(OCC(=O)N(C)Cc2nc(-c3ccccn3)no2)c1C. The molecule has 0 aliphatic heterocycles. The summed E-state index contributed by atoms with van der Waals surface area (Å²) in [6, 6.07) is 9.49. The molecule has 0 fully saturated rings. The number of aryl methyl sites for hydroxylation is 2.